The predicted octanol–water partition coefficient (Wildman–Crippen LogP) is 3.64. The molecule has 0 aromatic heterocycles. The molecule has 2 unspecified atom stereocenters. The van der Waals surface area contributed by atoms with Gasteiger partial charge < -0.3 is 14.6 Å². The molecular formula is C20H20Cl2N2O3S. The molecule has 1 fully saturated rings. The highest BCUT2D eigenvalue weighted by Gasteiger charge is 2.31. The molecule has 1 aliphatic heterocycles. The Morgan fingerprint density at radius 3 is 2.39 bits per heavy atom. The Kier molecular flexibility index (Phi) is 5.76. The molecule has 2 aliphatic rings. The van der Waals surface area contributed by atoms with Gasteiger partial charge in [0.25, 0.3) is 0 Å². The van der Waals surface area contributed by atoms with Gasteiger partial charge in [0, 0.05) is 18.8 Å². The maximum atomic E-state index is 13.0. The zero-order valence-electron chi connectivity index (χ0n) is 15.1. The summed E-state index contributed by atoms with van der Waals surface area (Å²) in [6.07, 6.45) is 1.07. The maximum Gasteiger partial charge on any atom is 0.307 e. The summed E-state index contributed by atoms with van der Waals surface area (Å²) < 4.78 is 15.0. The Morgan fingerprint density at radius 1 is 1.00 bits per heavy atom. The number of hydrogen-bond acceptors (Lipinski definition) is 4. The van der Waals surface area contributed by atoms with Gasteiger partial charge in [-0.3, -0.25) is 4.79 Å². The van der Waals surface area contributed by atoms with Crippen molar-refractivity contribution < 1.29 is 14.5 Å². The number of carbonyl (C=O) groups is 1. The molecule has 28 heavy (non-hydrogen) atoms. The summed E-state index contributed by atoms with van der Waals surface area (Å²) in [4.78, 5) is 14.2. The van der Waals surface area contributed by atoms with Crippen LogP contribution in [0, 0.1) is 5.92 Å². The van der Waals surface area contributed by atoms with Crippen molar-refractivity contribution in [3.63, 3.8) is 0 Å². The molecule has 4 rings (SSSR count). The Hall–Kier alpha value is -1.44. The van der Waals surface area contributed by atoms with E-state index in [9.17, 15) is 14.5 Å². The van der Waals surface area contributed by atoms with Crippen LogP contribution >= 0.6 is 23.2 Å². The van der Waals surface area contributed by atoms with E-state index in [4.69, 9.17) is 23.2 Å². The van der Waals surface area contributed by atoms with E-state index in [1.54, 1.807) is 6.07 Å². The topological polar surface area (TPSA) is 66.8 Å². The van der Waals surface area contributed by atoms with Gasteiger partial charge in [-0.1, -0.05) is 29.3 Å². The Morgan fingerprint density at radius 2 is 1.71 bits per heavy atom. The Labute approximate surface area is 177 Å². The molecule has 2 atom stereocenters. The van der Waals surface area contributed by atoms with Gasteiger partial charge in [0.2, 0.25) is 0 Å². The number of nitrogens with zero attached hydrogens (tertiary/aromatic N) is 2. The lowest BCUT2D eigenvalue weighted by molar-refractivity contribution is -0.141. The van der Waals surface area contributed by atoms with Gasteiger partial charge >= 0.3 is 5.97 Å². The lowest BCUT2D eigenvalue weighted by atomic mass is 10.1. The van der Waals surface area contributed by atoms with Crippen LogP contribution in [0.2, 0.25) is 10.0 Å². The summed E-state index contributed by atoms with van der Waals surface area (Å²) in [6, 6.07) is 11.3. The lowest BCUT2D eigenvalue weighted by Gasteiger charge is -2.35. The SMILES string of the molecule is O=C(O)C1Cc2ccc([S+]([O-])N3CCN(c4ccc(Cl)c(Cl)c4)CC3)cc2C1. The number of benzene rings is 2. The third kappa shape index (κ3) is 3.98. The fourth-order valence-electron chi connectivity index (χ4n) is 3.82. The van der Waals surface area contributed by atoms with Crippen molar-refractivity contribution in [2.45, 2.75) is 17.7 Å². The maximum absolute atomic E-state index is 13.0. The van der Waals surface area contributed by atoms with Crippen molar-refractivity contribution >= 4 is 46.2 Å². The molecular weight excluding hydrogens is 419 g/mol. The van der Waals surface area contributed by atoms with Crippen molar-refractivity contribution in [2.75, 3.05) is 31.1 Å². The smallest absolute Gasteiger partial charge is 0.307 e. The van der Waals surface area contributed by atoms with Gasteiger partial charge in [-0.2, -0.15) is 0 Å². The molecule has 148 valence electrons. The quantitative estimate of drug-likeness (QED) is 0.737. The summed E-state index contributed by atoms with van der Waals surface area (Å²) in [5, 5.41) is 10.3. The van der Waals surface area contributed by atoms with Crippen molar-refractivity contribution in [3.05, 3.63) is 57.6 Å². The second-order valence-corrected chi connectivity index (χ2v) is 9.44. The van der Waals surface area contributed by atoms with E-state index in [1.165, 1.54) is 0 Å². The van der Waals surface area contributed by atoms with Crippen LogP contribution in [0.3, 0.4) is 0 Å². The summed E-state index contributed by atoms with van der Waals surface area (Å²) in [5.74, 6) is -1.13. The van der Waals surface area contributed by atoms with Crippen molar-refractivity contribution in [2.24, 2.45) is 5.92 Å². The van der Waals surface area contributed by atoms with Gasteiger partial charge in [0.05, 0.1) is 40.4 Å². The van der Waals surface area contributed by atoms with Gasteiger partial charge in [-0.15, -0.1) is 4.31 Å². The molecule has 2 aromatic carbocycles. The average Bonchev–Trinajstić information content (AvgIpc) is 3.13. The monoisotopic (exact) mass is 438 g/mol. The molecule has 8 heteroatoms. The number of carboxylic acid groups (broad SMARTS) is 1. The van der Waals surface area contributed by atoms with Gasteiger partial charge in [0.15, 0.2) is 4.90 Å². The second kappa shape index (κ2) is 8.13. The van der Waals surface area contributed by atoms with Crippen LogP contribution in [0.1, 0.15) is 11.1 Å². The first kappa shape index (κ1) is 19.9. The van der Waals surface area contributed by atoms with E-state index >= 15 is 0 Å². The lowest BCUT2D eigenvalue weighted by Crippen LogP contribution is -2.48. The van der Waals surface area contributed by atoms with E-state index in [-0.39, 0.29) is 5.92 Å². The van der Waals surface area contributed by atoms with Gasteiger partial charge in [-0.05, 0) is 54.3 Å². The number of carboxylic acids is 1. The van der Waals surface area contributed by atoms with Crippen LogP contribution in [0.4, 0.5) is 5.69 Å². The van der Waals surface area contributed by atoms with Crippen LogP contribution in [-0.2, 0) is 29.0 Å². The number of hydrogen-bond donors (Lipinski definition) is 1. The molecule has 2 aromatic rings. The highest BCUT2D eigenvalue weighted by Crippen LogP contribution is 2.31. The molecule has 1 saturated heterocycles. The fourth-order valence-corrected chi connectivity index (χ4v) is 5.33. The second-order valence-electron chi connectivity index (χ2n) is 7.14. The minimum atomic E-state index is -1.25. The molecule has 1 N–H and O–H groups in total. The molecule has 0 saturated carbocycles. The normalized spacial score (nSPS) is 20.8. The van der Waals surface area contributed by atoms with Gasteiger partial charge in [0.1, 0.15) is 0 Å². The van der Waals surface area contributed by atoms with Gasteiger partial charge in [-0.25, -0.2) is 0 Å². The van der Waals surface area contributed by atoms with E-state index in [0.717, 1.165) is 34.8 Å². The molecule has 1 heterocycles. The Bertz CT molecular complexity index is 903. The summed E-state index contributed by atoms with van der Waals surface area (Å²) in [5.41, 5.74) is 3.07. The van der Waals surface area contributed by atoms with Crippen LogP contribution < -0.4 is 4.90 Å². The van der Waals surface area contributed by atoms with Crippen molar-refractivity contribution in [1.82, 2.24) is 4.31 Å². The molecule has 1 aliphatic carbocycles. The zero-order chi connectivity index (χ0) is 19.8. The average molecular weight is 439 g/mol. The highest BCUT2D eigenvalue weighted by atomic mass is 35.5. The van der Waals surface area contributed by atoms with Crippen LogP contribution in [0.15, 0.2) is 41.3 Å². The number of halogens is 2. The van der Waals surface area contributed by atoms with Crippen molar-refractivity contribution in [3.8, 4) is 0 Å². The Balaban J connectivity index is 1.41. The number of piperazine rings is 1. The number of anilines is 1. The van der Waals surface area contributed by atoms with E-state index < -0.39 is 17.3 Å². The van der Waals surface area contributed by atoms with E-state index in [2.05, 4.69) is 4.90 Å². The molecule has 0 bridgehead atoms. The standard InChI is InChI=1S/C20H20Cl2N2O3S/c21-18-4-2-16(12-19(18)22)23-5-7-24(8-6-23)28(27)17-3-1-13-9-15(20(25)26)10-14(13)11-17/h1-4,11-12,15H,5-10H2,(H,25,26). The zero-order valence-corrected chi connectivity index (χ0v) is 17.4. The fraction of sp³-hybridized carbons (Fsp3) is 0.350. The van der Waals surface area contributed by atoms with Crippen LogP contribution in [-0.4, -0.2) is 46.1 Å². The first-order valence-electron chi connectivity index (χ1n) is 9.14. The highest BCUT2D eigenvalue weighted by molar-refractivity contribution is 7.89. The molecule has 0 radical (unpaired) electrons. The van der Waals surface area contributed by atoms with Crippen molar-refractivity contribution in [1.29, 1.82) is 0 Å². The van der Waals surface area contributed by atoms with E-state index in [0.29, 0.717) is 36.0 Å². The summed E-state index contributed by atoms with van der Waals surface area (Å²) in [6.45, 7) is 2.83. The summed E-state index contributed by atoms with van der Waals surface area (Å²) in [7, 11) is 0. The van der Waals surface area contributed by atoms with E-state index in [1.807, 2.05) is 34.6 Å². The molecule has 0 spiro atoms. The minimum absolute atomic E-state index is 0.367. The summed E-state index contributed by atoms with van der Waals surface area (Å²) >= 11 is 10.8. The minimum Gasteiger partial charge on any atom is -0.593 e. The third-order valence-corrected chi connectivity index (χ3v) is 7.63. The third-order valence-electron chi connectivity index (χ3n) is 5.40. The van der Waals surface area contributed by atoms with Crippen LogP contribution in [0.25, 0.3) is 0 Å². The number of rotatable bonds is 4. The number of fused-ring (bicyclic) bond motifs is 1. The molecule has 5 nitrogen and oxygen atoms in total. The first-order valence-corrected chi connectivity index (χ1v) is 11.0. The largest absolute Gasteiger partial charge is 0.593 e. The first-order chi connectivity index (χ1) is 13.4. The number of aliphatic carboxylic acids is 1. The van der Waals surface area contributed by atoms with Crippen LogP contribution in [0.5, 0.6) is 0 Å². The molecule has 0 amide bonds. The predicted molar refractivity (Wildman–Crippen MR) is 112 cm³/mol.